The number of hydrogen-bond donors (Lipinski definition) is 0. The average Bonchev–Trinajstić information content (AvgIpc) is 2.38. The van der Waals surface area contributed by atoms with E-state index in [4.69, 9.17) is 0 Å². The molecule has 0 aliphatic heterocycles. The van der Waals surface area contributed by atoms with Crippen LogP contribution in [0.25, 0.3) is 17.2 Å². The van der Waals surface area contributed by atoms with E-state index < -0.39 is 0 Å². The normalized spacial score (nSPS) is 10.1. The van der Waals surface area contributed by atoms with Crippen molar-refractivity contribution in [3.8, 4) is 11.1 Å². The van der Waals surface area contributed by atoms with Gasteiger partial charge in [0, 0.05) is 0 Å². The summed E-state index contributed by atoms with van der Waals surface area (Å²) in [6.07, 6.45) is 2.95. The first-order valence-electron chi connectivity index (χ1n) is 5.66. The Morgan fingerprint density at radius 3 is 2.62 bits per heavy atom. The number of aryl methyl sites for hydroxylation is 1. The summed E-state index contributed by atoms with van der Waals surface area (Å²) in [6, 6.07) is 17.1. The molecule has 2 rings (SSSR count). The van der Waals surface area contributed by atoms with Crippen molar-refractivity contribution in [3.05, 3.63) is 66.2 Å². The van der Waals surface area contributed by atoms with Crippen molar-refractivity contribution in [2.45, 2.75) is 13.3 Å². The van der Waals surface area contributed by atoms with Crippen LogP contribution in [-0.2, 0) is 6.42 Å². The van der Waals surface area contributed by atoms with E-state index >= 15 is 0 Å². The van der Waals surface area contributed by atoms with E-state index in [2.05, 4.69) is 62.0 Å². The molecule has 0 saturated heterocycles. The summed E-state index contributed by atoms with van der Waals surface area (Å²) in [5.41, 5.74) is 5.16. The molecule has 0 aliphatic rings. The van der Waals surface area contributed by atoms with Gasteiger partial charge in [0.15, 0.2) is 0 Å². The molecular formula is C16H16. The molecule has 0 amide bonds. The third-order valence-electron chi connectivity index (χ3n) is 2.83. The third-order valence-corrected chi connectivity index (χ3v) is 2.83. The summed E-state index contributed by atoms with van der Waals surface area (Å²) >= 11 is 0. The molecule has 0 heterocycles. The van der Waals surface area contributed by atoms with Crippen LogP contribution in [0.3, 0.4) is 0 Å². The number of benzene rings is 2. The Kier molecular flexibility index (Phi) is 3.21. The number of hydrogen-bond acceptors (Lipinski definition) is 0. The van der Waals surface area contributed by atoms with Crippen molar-refractivity contribution < 1.29 is 0 Å². The van der Waals surface area contributed by atoms with Gasteiger partial charge in [0.1, 0.15) is 0 Å². The molecule has 80 valence electrons. The highest BCUT2D eigenvalue weighted by Crippen LogP contribution is 2.25. The van der Waals surface area contributed by atoms with Crippen molar-refractivity contribution in [1.82, 2.24) is 0 Å². The van der Waals surface area contributed by atoms with Crippen molar-refractivity contribution in [3.63, 3.8) is 0 Å². The van der Waals surface area contributed by atoms with Gasteiger partial charge in [-0.3, -0.25) is 0 Å². The fraction of sp³-hybridized carbons (Fsp3) is 0.125. The zero-order valence-electron chi connectivity index (χ0n) is 9.61. The van der Waals surface area contributed by atoms with Gasteiger partial charge >= 0.3 is 0 Å². The van der Waals surface area contributed by atoms with Crippen LogP contribution in [0.2, 0.25) is 0 Å². The Labute approximate surface area is 97.3 Å². The molecule has 0 atom stereocenters. The maximum absolute atomic E-state index is 3.81. The molecule has 16 heavy (non-hydrogen) atoms. The van der Waals surface area contributed by atoms with Gasteiger partial charge in [0.05, 0.1) is 0 Å². The Morgan fingerprint density at radius 2 is 1.88 bits per heavy atom. The molecule has 0 spiro atoms. The van der Waals surface area contributed by atoms with Crippen LogP contribution in [0.1, 0.15) is 18.1 Å². The third kappa shape index (κ3) is 2.06. The van der Waals surface area contributed by atoms with Crippen LogP contribution in [0.4, 0.5) is 0 Å². The lowest BCUT2D eigenvalue weighted by atomic mass is 9.97. The van der Waals surface area contributed by atoms with E-state index in [0.717, 1.165) is 6.42 Å². The summed E-state index contributed by atoms with van der Waals surface area (Å²) in [5, 5.41) is 0. The van der Waals surface area contributed by atoms with Gasteiger partial charge in [0.25, 0.3) is 0 Å². The fourth-order valence-corrected chi connectivity index (χ4v) is 1.94. The molecular weight excluding hydrogens is 192 g/mol. The van der Waals surface area contributed by atoms with E-state index in [9.17, 15) is 0 Å². The van der Waals surface area contributed by atoms with Crippen LogP contribution < -0.4 is 0 Å². The quantitative estimate of drug-likeness (QED) is 0.693. The predicted octanol–water partition coefficient (Wildman–Crippen LogP) is 4.56. The SMILES string of the molecule is C=Cc1cccc(-c2ccccc2CC)c1. The molecule has 2 aromatic carbocycles. The highest BCUT2D eigenvalue weighted by Gasteiger charge is 2.02. The van der Waals surface area contributed by atoms with E-state index in [0.29, 0.717) is 0 Å². The topological polar surface area (TPSA) is 0 Å². The van der Waals surface area contributed by atoms with E-state index in [-0.39, 0.29) is 0 Å². The maximum atomic E-state index is 3.81. The van der Waals surface area contributed by atoms with Gasteiger partial charge in [-0.1, -0.05) is 62.0 Å². The molecule has 0 nitrogen and oxygen atoms in total. The first-order chi connectivity index (χ1) is 7.85. The van der Waals surface area contributed by atoms with Crippen molar-refractivity contribution in [2.24, 2.45) is 0 Å². The zero-order chi connectivity index (χ0) is 11.4. The Morgan fingerprint density at radius 1 is 1.06 bits per heavy atom. The van der Waals surface area contributed by atoms with E-state index in [1.807, 2.05) is 6.08 Å². The van der Waals surface area contributed by atoms with Crippen LogP contribution in [0, 0.1) is 0 Å². The van der Waals surface area contributed by atoms with Gasteiger partial charge < -0.3 is 0 Å². The van der Waals surface area contributed by atoms with E-state index in [1.54, 1.807) is 0 Å². The van der Waals surface area contributed by atoms with Crippen LogP contribution in [-0.4, -0.2) is 0 Å². The van der Waals surface area contributed by atoms with E-state index in [1.165, 1.54) is 22.3 Å². The largest absolute Gasteiger partial charge is 0.0985 e. The second kappa shape index (κ2) is 4.80. The second-order valence-electron chi connectivity index (χ2n) is 3.84. The Balaban J connectivity index is 2.53. The summed E-state index contributed by atoms with van der Waals surface area (Å²) in [5.74, 6) is 0. The molecule has 0 fully saturated rings. The van der Waals surface area contributed by atoms with Gasteiger partial charge in [-0.05, 0) is 34.7 Å². The highest BCUT2D eigenvalue weighted by atomic mass is 14.1. The molecule has 0 bridgehead atoms. The van der Waals surface area contributed by atoms with Crippen molar-refractivity contribution in [2.75, 3.05) is 0 Å². The van der Waals surface area contributed by atoms with Gasteiger partial charge in [-0.2, -0.15) is 0 Å². The van der Waals surface area contributed by atoms with Gasteiger partial charge in [-0.25, -0.2) is 0 Å². The van der Waals surface area contributed by atoms with Gasteiger partial charge in [-0.15, -0.1) is 0 Å². The first kappa shape index (κ1) is 10.7. The first-order valence-corrected chi connectivity index (χ1v) is 5.66. The molecule has 0 aliphatic carbocycles. The molecule has 0 aromatic heterocycles. The van der Waals surface area contributed by atoms with Gasteiger partial charge in [0.2, 0.25) is 0 Å². The smallest absolute Gasteiger partial charge is 0.0152 e. The number of rotatable bonds is 3. The summed E-state index contributed by atoms with van der Waals surface area (Å²) in [7, 11) is 0. The monoisotopic (exact) mass is 208 g/mol. The minimum Gasteiger partial charge on any atom is -0.0985 e. The minimum atomic E-state index is 1.06. The molecule has 2 aromatic rings. The predicted molar refractivity (Wildman–Crippen MR) is 71.3 cm³/mol. The molecule has 0 unspecified atom stereocenters. The minimum absolute atomic E-state index is 1.06. The Bertz CT molecular complexity index is 495. The van der Waals surface area contributed by atoms with Crippen molar-refractivity contribution in [1.29, 1.82) is 0 Å². The molecule has 0 saturated carbocycles. The maximum Gasteiger partial charge on any atom is -0.0152 e. The van der Waals surface area contributed by atoms with Crippen LogP contribution in [0.5, 0.6) is 0 Å². The second-order valence-corrected chi connectivity index (χ2v) is 3.84. The lowest BCUT2D eigenvalue weighted by Crippen LogP contribution is -1.87. The standard InChI is InChI=1S/C16H16/c1-3-13-8-7-10-15(12-13)16-11-6-5-9-14(16)4-2/h3,5-12H,1,4H2,2H3. The Hall–Kier alpha value is -1.82. The summed E-state index contributed by atoms with van der Waals surface area (Å²) in [6.45, 7) is 6.00. The van der Waals surface area contributed by atoms with Crippen LogP contribution in [0.15, 0.2) is 55.1 Å². The lowest BCUT2D eigenvalue weighted by Gasteiger charge is -2.08. The van der Waals surface area contributed by atoms with Crippen molar-refractivity contribution >= 4 is 6.08 Å². The molecule has 0 radical (unpaired) electrons. The fourth-order valence-electron chi connectivity index (χ4n) is 1.94. The summed E-state index contributed by atoms with van der Waals surface area (Å²) < 4.78 is 0. The lowest BCUT2D eigenvalue weighted by molar-refractivity contribution is 1.14. The molecule has 0 N–H and O–H groups in total. The highest BCUT2D eigenvalue weighted by molar-refractivity contribution is 5.70. The molecule has 0 heteroatoms. The van der Waals surface area contributed by atoms with Crippen LogP contribution >= 0.6 is 0 Å². The zero-order valence-corrected chi connectivity index (χ0v) is 9.61. The summed E-state index contributed by atoms with van der Waals surface area (Å²) in [4.78, 5) is 0. The average molecular weight is 208 g/mol.